The fourth-order valence-corrected chi connectivity index (χ4v) is 5.78. The Labute approximate surface area is 196 Å². The number of rotatable bonds is 5. The van der Waals surface area contributed by atoms with Crippen LogP contribution in [0.4, 0.5) is 4.39 Å². The maximum atomic E-state index is 14.1. The van der Waals surface area contributed by atoms with Crippen molar-refractivity contribution in [1.82, 2.24) is 9.21 Å². The van der Waals surface area contributed by atoms with Crippen LogP contribution in [-0.4, -0.2) is 67.5 Å². The van der Waals surface area contributed by atoms with Crippen LogP contribution in [0.5, 0.6) is 5.75 Å². The van der Waals surface area contributed by atoms with Gasteiger partial charge in [0.05, 0.1) is 18.7 Å². The standard InChI is InChI=1S/C22H26BrFN2O5S/c1-14-11-26(15(2)13-27)32(29,30)21-9-8-16(23)10-19(21)31-20(14)12-25(3)22(28)17-6-4-5-7-18(17)24/h4-10,14-15,20,27H,11-13H2,1-3H3/t14-,15+,20+/m1/s1. The molecule has 2 aromatic carbocycles. The van der Waals surface area contributed by atoms with Crippen LogP contribution < -0.4 is 4.74 Å². The van der Waals surface area contributed by atoms with Crippen molar-refractivity contribution in [1.29, 1.82) is 0 Å². The van der Waals surface area contributed by atoms with Crippen molar-refractivity contribution >= 4 is 31.9 Å². The third-order valence-electron chi connectivity index (χ3n) is 5.53. The van der Waals surface area contributed by atoms with Gasteiger partial charge in [-0.3, -0.25) is 4.79 Å². The first-order valence-electron chi connectivity index (χ1n) is 10.1. The molecule has 0 fully saturated rings. The third kappa shape index (κ3) is 4.98. The van der Waals surface area contributed by atoms with E-state index >= 15 is 0 Å². The number of hydrogen-bond donors (Lipinski definition) is 1. The molecule has 3 rings (SSSR count). The Morgan fingerprint density at radius 3 is 2.69 bits per heavy atom. The fourth-order valence-electron chi connectivity index (χ4n) is 3.61. The maximum absolute atomic E-state index is 14.1. The van der Waals surface area contributed by atoms with Gasteiger partial charge >= 0.3 is 0 Å². The molecule has 0 radical (unpaired) electrons. The van der Waals surface area contributed by atoms with Gasteiger partial charge in [-0.1, -0.05) is 35.0 Å². The summed E-state index contributed by atoms with van der Waals surface area (Å²) < 4.78 is 48.7. The van der Waals surface area contributed by atoms with Gasteiger partial charge in [-0.15, -0.1) is 0 Å². The Balaban J connectivity index is 1.97. The minimum Gasteiger partial charge on any atom is -0.487 e. The average molecular weight is 529 g/mol. The molecule has 3 atom stereocenters. The first-order valence-corrected chi connectivity index (χ1v) is 12.4. The smallest absolute Gasteiger partial charge is 0.256 e. The van der Waals surface area contributed by atoms with Gasteiger partial charge in [-0.2, -0.15) is 4.31 Å². The molecule has 1 amide bonds. The van der Waals surface area contributed by atoms with E-state index in [-0.39, 0.29) is 41.8 Å². The van der Waals surface area contributed by atoms with Gasteiger partial charge in [0.25, 0.3) is 5.91 Å². The summed E-state index contributed by atoms with van der Waals surface area (Å²) in [6, 6.07) is 9.73. The lowest BCUT2D eigenvalue weighted by atomic mass is 10.0. The summed E-state index contributed by atoms with van der Waals surface area (Å²) in [5, 5.41) is 9.66. The van der Waals surface area contributed by atoms with Crippen molar-refractivity contribution in [2.24, 2.45) is 5.92 Å². The number of aliphatic hydroxyl groups is 1. The van der Waals surface area contributed by atoms with Crippen molar-refractivity contribution in [3.05, 3.63) is 58.3 Å². The second-order valence-electron chi connectivity index (χ2n) is 8.00. The first-order chi connectivity index (χ1) is 15.1. The number of amides is 1. The minimum atomic E-state index is -3.92. The van der Waals surface area contributed by atoms with Crippen LogP contribution in [0.2, 0.25) is 0 Å². The minimum absolute atomic E-state index is 0.0130. The van der Waals surface area contributed by atoms with Crippen molar-refractivity contribution in [2.45, 2.75) is 30.9 Å². The highest BCUT2D eigenvalue weighted by Gasteiger charge is 2.38. The lowest BCUT2D eigenvalue weighted by Gasteiger charge is -2.37. The molecule has 0 spiro atoms. The molecule has 0 saturated carbocycles. The average Bonchev–Trinajstić information content (AvgIpc) is 2.75. The highest BCUT2D eigenvalue weighted by Crippen LogP contribution is 2.35. The topological polar surface area (TPSA) is 87.2 Å². The molecule has 0 bridgehead atoms. The third-order valence-corrected chi connectivity index (χ3v) is 8.05. The predicted molar refractivity (Wildman–Crippen MR) is 122 cm³/mol. The summed E-state index contributed by atoms with van der Waals surface area (Å²) >= 11 is 3.34. The first kappa shape index (κ1) is 24.6. The molecule has 0 aromatic heterocycles. The van der Waals surface area contributed by atoms with Crippen LogP contribution in [0.3, 0.4) is 0 Å². The summed E-state index contributed by atoms with van der Waals surface area (Å²) in [5.74, 6) is -1.29. The number of carbonyl (C=O) groups excluding carboxylic acids is 1. The SMILES string of the molecule is C[C@@H]1CN([C@@H](C)CO)S(=O)(=O)c2ccc(Br)cc2O[C@H]1CN(C)C(=O)c1ccccc1F. The van der Waals surface area contributed by atoms with E-state index in [1.165, 1.54) is 33.5 Å². The van der Waals surface area contributed by atoms with Crippen LogP contribution in [0, 0.1) is 11.7 Å². The van der Waals surface area contributed by atoms with Crippen LogP contribution >= 0.6 is 15.9 Å². The normalized spacial score (nSPS) is 21.6. The largest absolute Gasteiger partial charge is 0.487 e. The van der Waals surface area contributed by atoms with E-state index in [9.17, 15) is 22.7 Å². The highest BCUT2D eigenvalue weighted by atomic mass is 79.9. The molecule has 1 aliphatic heterocycles. The zero-order valence-corrected chi connectivity index (χ0v) is 20.4. The molecule has 7 nitrogen and oxygen atoms in total. The maximum Gasteiger partial charge on any atom is 0.256 e. The van der Waals surface area contributed by atoms with Crippen LogP contribution in [0.1, 0.15) is 24.2 Å². The quantitative estimate of drug-likeness (QED) is 0.644. The zero-order valence-electron chi connectivity index (χ0n) is 18.0. The fraction of sp³-hybridized carbons (Fsp3) is 0.409. The lowest BCUT2D eigenvalue weighted by Crippen LogP contribution is -2.50. The molecule has 0 unspecified atom stereocenters. The number of aliphatic hydroxyl groups excluding tert-OH is 1. The van der Waals surface area contributed by atoms with Crippen molar-refractivity contribution in [3.63, 3.8) is 0 Å². The lowest BCUT2D eigenvalue weighted by molar-refractivity contribution is 0.0560. The number of fused-ring (bicyclic) bond motifs is 1. The van der Waals surface area contributed by atoms with Crippen LogP contribution in [0.15, 0.2) is 51.8 Å². The molecule has 1 heterocycles. The number of sulfonamides is 1. The number of hydrogen-bond acceptors (Lipinski definition) is 5. The van der Waals surface area contributed by atoms with E-state index in [4.69, 9.17) is 4.74 Å². The number of carbonyl (C=O) groups is 1. The van der Waals surface area contributed by atoms with Gasteiger partial charge in [0, 0.05) is 30.0 Å². The van der Waals surface area contributed by atoms with Crippen molar-refractivity contribution in [2.75, 3.05) is 26.7 Å². The van der Waals surface area contributed by atoms with E-state index in [0.29, 0.717) is 4.47 Å². The summed E-state index contributed by atoms with van der Waals surface area (Å²) in [7, 11) is -2.37. The molecule has 0 aliphatic carbocycles. The van der Waals surface area contributed by atoms with E-state index in [0.717, 1.165) is 0 Å². The van der Waals surface area contributed by atoms with Gasteiger partial charge in [0.15, 0.2) is 0 Å². The molecule has 2 aromatic rings. The molecule has 1 aliphatic rings. The number of likely N-dealkylation sites (N-methyl/N-ethyl adjacent to an activating group) is 1. The summed E-state index contributed by atoms with van der Waals surface area (Å²) in [6.45, 7) is 3.32. The Morgan fingerprint density at radius 1 is 1.34 bits per heavy atom. The van der Waals surface area contributed by atoms with E-state index in [1.54, 1.807) is 32.2 Å². The Kier molecular flexibility index (Phi) is 7.59. The molecule has 174 valence electrons. The molecule has 10 heteroatoms. The van der Waals surface area contributed by atoms with E-state index in [1.807, 2.05) is 6.92 Å². The van der Waals surface area contributed by atoms with Crippen molar-refractivity contribution in [3.8, 4) is 5.75 Å². The van der Waals surface area contributed by atoms with Crippen LogP contribution in [0.25, 0.3) is 0 Å². The second kappa shape index (κ2) is 9.86. The van der Waals surface area contributed by atoms with E-state index in [2.05, 4.69) is 15.9 Å². The Hall–Kier alpha value is -2.01. The molecular weight excluding hydrogens is 503 g/mol. The number of benzene rings is 2. The monoisotopic (exact) mass is 528 g/mol. The van der Waals surface area contributed by atoms with Crippen LogP contribution in [-0.2, 0) is 10.0 Å². The van der Waals surface area contributed by atoms with Gasteiger partial charge in [-0.25, -0.2) is 12.8 Å². The molecule has 0 saturated heterocycles. The molecule has 1 N–H and O–H groups in total. The summed E-state index contributed by atoms with van der Waals surface area (Å²) in [6.07, 6.45) is -0.576. The number of nitrogens with zero attached hydrogens (tertiary/aromatic N) is 2. The summed E-state index contributed by atoms with van der Waals surface area (Å²) in [4.78, 5) is 14.2. The van der Waals surface area contributed by atoms with Gasteiger partial charge in [-0.05, 0) is 37.3 Å². The van der Waals surface area contributed by atoms with Gasteiger partial charge in [0.1, 0.15) is 22.6 Å². The predicted octanol–water partition coefficient (Wildman–Crippen LogP) is 3.13. The summed E-state index contributed by atoms with van der Waals surface area (Å²) in [5.41, 5.74) is -0.0465. The number of ether oxygens (including phenoxy) is 1. The Morgan fingerprint density at radius 2 is 2.03 bits per heavy atom. The van der Waals surface area contributed by atoms with Gasteiger partial charge in [0.2, 0.25) is 10.0 Å². The molecular formula is C22H26BrFN2O5S. The van der Waals surface area contributed by atoms with Gasteiger partial charge < -0.3 is 14.7 Å². The highest BCUT2D eigenvalue weighted by molar-refractivity contribution is 9.10. The van der Waals surface area contributed by atoms with Crippen molar-refractivity contribution < 1.29 is 27.4 Å². The van der Waals surface area contributed by atoms with E-state index < -0.39 is 33.9 Å². The second-order valence-corrected chi connectivity index (χ2v) is 10.8. The number of halogens is 2. The Bertz CT molecular complexity index is 1100. The zero-order chi connectivity index (χ0) is 23.6. The molecule has 32 heavy (non-hydrogen) atoms.